The molecule has 0 N–H and O–H groups in total. The number of nitrogens with zero attached hydrogens (tertiary/aromatic N) is 4. The van der Waals surface area contributed by atoms with Crippen LogP contribution in [0.3, 0.4) is 0 Å². The van der Waals surface area contributed by atoms with E-state index >= 15 is 0 Å². The molecule has 3 rings (SSSR count). The van der Waals surface area contributed by atoms with Gasteiger partial charge in [0, 0.05) is 32.5 Å². The predicted octanol–water partition coefficient (Wildman–Crippen LogP) is 1.69. The average molecular weight is 344 g/mol. The first-order valence-corrected chi connectivity index (χ1v) is 8.48. The molecule has 7 heteroatoms. The standard InChI is InChI=1S/C18H24N4O3/c1-24-9-8-21-12-15(6-7-17(21)23)18-19-13-20-22(18)11-14-4-3-5-16(10-14)25-2/h3-5,10,13,15H,6-9,11-12H2,1-2H3/t15-/m0/s1. The number of methoxy groups -OCH3 is 2. The summed E-state index contributed by atoms with van der Waals surface area (Å²) in [5.41, 5.74) is 1.11. The van der Waals surface area contributed by atoms with Gasteiger partial charge in [-0.2, -0.15) is 5.10 Å². The highest BCUT2D eigenvalue weighted by molar-refractivity contribution is 5.77. The second-order valence-corrected chi connectivity index (χ2v) is 6.20. The van der Waals surface area contributed by atoms with E-state index in [1.54, 1.807) is 20.5 Å². The number of hydrogen-bond donors (Lipinski definition) is 0. The molecular formula is C18H24N4O3. The molecule has 2 heterocycles. The number of benzene rings is 1. The lowest BCUT2D eigenvalue weighted by Crippen LogP contribution is -2.41. The summed E-state index contributed by atoms with van der Waals surface area (Å²) in [6.45, 7) is 2.47. The summed E-state index contributed by atoms with van der Waals surface area (Å²) in [6.07, 6.45) is 2.94. The molecule has 0 aliphatic carbocycles. The molecule has 1 atom stereocenters. The maximum atomic E-state index is 12.1. The third-order valence-corrected chi connectivity index (χ3v) is 4.54. The molecule has 0 spiro atoms. The lowest BCUT2D eigenvalue weighted by Gasteiger charge is -2.32. The Morgan fingerprint density at radius 2 is 2.20 bits per heavy atom. The van der Waals surface area contributed by atoms with Crippen molar-refractivity contribution < 1.29 is 14.3 Å². The molecule has 1 aliphatic rings. The lowest BCUT2D eigenvalue weighted by atomic mass is 9.96. The van der Waals surface area contributed by atoms with Gasteiger partial charge in [0.25, 0.3) is 0 Å². The summed E-state index contributed by atoms with van der Waals surface area (Å²) in [5, 5.41) is 4.38. The van der Waals surface area contributed by atoms with E-state index in [0.717, 1.165) is 23.6 Å². The van der Waals surface area contributed by atoms with Crippen molar-refractivity contribution in [1.29, 1.82) is 0 Å². The second-order valence-electron chi connectivity index (χ2n) is 6.20. The molecule has 1 saturated heterocycles. The number of ether oxygens (including phenoxy) is 2. The maximum absolute atomic E-state index is 12.1. The summed E-state index contributed by atoms with van der Waals surface area (Å²) in [6, 6.07) is 7.94. The Kier molecular flexibility index (Phi) is 5.65. The quantitative estimate of drug-likeness (QED) is 0.764. The SMILES string of the molecule is COCCN1C[C@@H](c2ncnn2Cc2cccc(OC)c2)CCC1=O. The molecule has 0 bridgehead atoms. The van der Waals surface area contributed by atoms with Crippen molar-refractivity contribution in [3.05, 3.63) is 42.0 Å². The molecule has 25 heavy (non-hydrogen) atoms. The van der Waals surface area contributed by atoms with Crippen LogP contribution in [0.15, 0.2) is 30.6 Å². The first-order chi connectivity index (χ1) is 12.2. The van der Waals surface area contributed by atoms with Gasteiger partial charge in [-0.1, -0.05) is 12.1 Å². The average Bonchev–Trinajstić information content (AvgIpc) is 3.09. The van der Waals surface area contributed by atoms with E-state index in [1.165, 1.54) is 0 Å². The predicted molar refractivity (Wildman–Crippen MR) is 92.5 cm³/mol. The van der Waals surface area contributed by atoms with Crippen LogP contribution in [-0.4, -0.2) is 59.5 Å². The molecule has 0 saturated carbocycles. The zero-order valence-corrected chi connectivity index (χ0v) is 14.7. The highest BCUT2D eigenvalue weighted by Gasteiger charge is 2.29. The smallest absolute Gasteiger partial charge is 0.222 e. The summed E-state index contributed by atoms with van der Waals surface area (Å²) in [5.74, 6) is 2.14. The molecule has 0 radical (unpaired) electrons. The lowest BCUT2D eigenvalue weighted by molar-refractivity contribution is -0.134. The molecule has 7 nitrogen and oxygen atoms in total. The minimum Gasteiger partial charge on any atom is -0.497 e. The van der Waals surface area contributed by atoms with Crippen LogP contribution in [0, 0.1) is 0 Å². The van der Waals surface area contributed by atoms with Gasteiger partial charge in [-0.25, -0.2) is 9.67 Å². The second kappa shape index (κ2) is 8.11. The molecule has 1 aromatic carbocycles. The summed E-state index contributed by atoms with van der Waals surface area (Å²) >= 11 is 0. The van der Waals surface area contributed by atoms with E-state index in [2.05, 4.69) is 10.1 Å². The summed E-state index contributed by atoms with van der Waals surface area (Å²) in [4.78, 5) is 18.4. The van der Waals surface area contributed by atoms with Gasteiger partial charge in [0.1, 0.15) is 17.9 Å². The molecule has 1 aliphatic heterocycles. The Morgan fingerprint density at radius 3 is 3.00 bits per heavy atom. The van der Waals surface area contributed by atoms with Crippen LogP contribution in [0.1, 0.15) is 30.1 Å². The van der Waals surface area contributed by atoms with Crippen molar-refractivity contribution in [2.24, 2.45) is 0 Å². The van der Waals surface area contributed by atoms with E-state index < -0.39 is 0 Å². The van der Waals surface area contributed by atoms with Gasteiger partial charge in [0.2, 0.25) is 5.91 Å². The van der Waals surface area contributed by atoms with Crippen LogP contribution in [0.4, 0.5) is 0 Å². The van der Waals surface area contributed by atoms with Crippen molar-refractivity contribution in [2.45, 2.75) is 25.3 Å². The molecule has 1 amide bonds. The van der Waals surface area contributed by atoms with E-state index in [0.29, 0.717) is 32.7 Å². The molecule has 1 aromatic heterocycles. The fourth-order valence-corrected chi connectivity index (χ4v) is 3.20. The highest BCUT2D eigenvalue weighted by Crippen LogP contribution is 2.26. The number of aromatic nitrogens is 3. The van der Waals surface area contributed by atoms with E-state index in [9.17, 15) is 4.79 Å². The minimum atomic E-state index is 0.187. The van der Waals surface area contributed by atoms with Crippen LogP contribution in [0.2, 0.25) is 0 Å². The fraction of sp³-hybridized carbons (Fsp3) is 0.500. The van der Waals surface area contributed by atoms with Crippen LogP contribution < -0.4 is 4.74 Å². The van der Waals surface area contributed by atoms with Gasteiger partial charge in [-0.3, -0.25) is 4.79 Å². The number of likely N-dealkylation sites (tertiary alicyclic amines) is 1. The van der Waals surface area contributed by atoms with Crippen molar-refractivity contribution >= 4 is 5.91 Å². The molecular weight excluding hydrogens is 320 g/mol. The van der Waals surface area contributed by atoms with Gasteiger partial charge in [-0.15, -0.1) is 0 Å². The van der Waals surface area contributed by atoms with E-state index in [4.69, 9.17) is 9.47 Å². The van der Waals surface area contributed by atoms with Gasteiger partial charge >= 0.3 is 0 Å². The monoisotopic (exact) mass is 344 g/mol. The Bertz CT molecular complexity index is 716. The Hall–Kier alpha value is -2.41. The molecule has 2 aromatic rings. The molecule has 1 fully saturated rings. The first kappa shape index (κ1) is 17.4. The highest BCUT2D eigenvalue weighted by atomic mass is 16.5. The summed E-state index contributed by atoms with van der Waals surface area (Å²) < 4.78 is 12.3. The Balaban J connectivity index is 1.73. The van der Waals surface area contributed by atoms with E-state index in [1.807, 2.05) is 33.8 Å². The van der Waals surface area contributed by atoms with E-state index in [-0.39, 0.29) is 11.8 Å². The van der Waals surface area contributed by atoms with Crippen molar-refractivity contribution in [3.63, 3.8) is 0 Å². The van der Waals surface area contributed by atoms with Gasteiger partial charge in [-0.05, 0) is 24.1 Å². The largest absolute Gasteiger partial charge is 0.497 e. The third kappa shape index (κ3) is 4.17. The van der Waals surface area contributed by atoms with Crippen molar-refractivity contribution in [2.75, 3.05) is 33.9 Å². The van der Waals surface area contributed by atoms with Gasteiger partial charge in [0.05, 0.1) is 20.3 Å². The third-order valence-electron chi connectivity index (χ3n) is 4.54. The number of piperidine rings is 1. The van der Waals surface area contributed by atoms with Crippen LogP contribution in [0.25, 0.3) is 0 Å². The fourth-order valence-electron chi connectivity index (χ4n) is 3.20. The Morgan fingerprint density at radius 1 is 1.32 bits per heavy atom. The first-order valence-electron chi connectivity index (χ1n) is 8.48. The normalized spacial score (nSPS) is 17.8. The van der Waals surface area contributed by atoms with Crippen molar-refractivity contribution in [3.8, 4) is 5.75 Å². The van der Waals surface area contributed by atoms with Gasteiger partial charge < -0.3 is 14.4 Å². The maximum Gasteiger partial charge on any atom is 0.222 e. The van der Waals surface area contributed by atoms with Crippen LogP contribution >= 0.6 is 0 Å². The van der Waals surface area contributed by atoms with Crippen LogP contribution in [-0.2, 0) is 16.1 Å². The zero-order valence-electron chi connectivity index (χ0n) is 14.7. The number of rotatable bonds is 7. The Labute approximate surface area is 147 Å². The van der Waals surface area contributed by atoms with Crippen molar-refractivity contribution in [1.82, 2.24) is 19.7 Å². The minimum absolute atomic E-state index is 0.187. The topological polar surface area (TPSA) is 69.5 Å². The number of hydrogen-bond acceptors (Lipinski definition) is 5. The number of carbonyl (C=O) groups is 1. The number of amides is 1. The zero-order chi connectivity index (χ0) is 17.6. The molecule has 0 unspecified atom stereocenters. The van der Waals surface area contributed by atoms with Crippen LogP contribution in [0.5, 0.6) is 5.75 Å². The molecule has 134 valence electrons. The summed E-state index contributed by atoms with van der Waals surface area (Å²) in [7, 11) is 3.31. The van der Waals surface area contributed by atoms with Gasteiger partial charge in [0.15, 0.2) is 0 Å². The number of carbonyl (C=O) groups excluding carboxylic acids is 1.